The van der Waals surface area contributed by atoms with Gasteiger partial charge in [0.1, 0.15) is 0 Å². The monoisotopic (exact) mass is 742 g/mol. The molecule has 0 aliphatic heterocycles. The van der Waals surface area contributed by atoms with Crippen LogP contribution in [0.1, 0.15) is 0 Å². The highest BCUT2D eigenvalue weighted by atomic mass is 28.3. The molecule has 0 amide bonds. The lowest BCUT2D eigenvalue weighted by molar-refractivity contribution is 1.17. The van der Waals surface area contributed by atoms with Gasteiger partial charge in [-0.3, -0.25) is 0 Å². The molecule has 57 heavy (non-hydrogen) atoms. The summed E-state index contributed by atoms with van der Waals surface area (Å²) >= 11 is 0. The van der Waals surface area contributed by atoms with Crippen LogP contribution >= 0.6 is 0 Å². The van der Waals surface area contributed by atoms with E-state index in [9.17, 15) is 0 Å². The SMILES string of the molecule is c1ccc(-c2cccc3c4ccc([Si](c5ccccc5)(c5ccccc5)c5ccccc5)cc4n(-c4cccc5c4c4ccccc4n5-c4ccccc4)c23)cc1. The Hall–Kier alpha value is -7.20. The normalized spacial score (nSPS) is 11.9. The predicted octanol–water partition coefficient (Wildman–Crippen LogP) is 10.9. The van der Waals surface area contributed by atoms with E-state index in [2.05, 4.69) is 240 Å². The third kappa shape index (κ3) is 5.10. The average molecular weight is 743 g/mol. The summed E-state index contributed by atoms with van der Waals surface area (Å²) in [6.07, 6.45) is 0. The summed E-state index contributed by atoms with van der Waals surface area (Å²) in [6.45, 7) is 0. The van der Waals surface area contributed by atoms with Crippen LogP contribution in [-0.2, 0) is 0 Å². The zero-order chi connectivity index (χ0) is 37.8. The van der Waals surface area contributed by atoms with E-state index in [-0.39, 0.29) is 0 Å². The average Bonchev–Trinajstić information content (AvgIpc) is 3.81. The molecule has 0 unspecified atom stereocenters. The molecule has 0 spiro atoms. The van der Waals surface area contributed by atoms with Gasteiger partial charge in [-0.15, -0.1) is 0 Å². The molecule has 0 bridgehead atoms. The van der Waals surface area contributed by atoms with Crippen molar-refractivity contribution in [3.05, 3.63) is 231 Å². The fourth-order valence-electron chi connectivity index (χ4n) is 9.51. The van der Waals surface area contributed by atoms with E-state index >= 15 is 0 Å². The van der Waals surface area contributed by atoms with Crippen molar-refractivity contribution in [1.29, 1.82) is 0 Å². The molecule has 11 rings (SSSR count). The number of benzene rings is 9. The van der Waals surface area contributed by atoms with Crippen molar-refractivity contribution in [2.45, 2.75) is 0 Å². The van der Waals surface area contributed by atoms with Gasteiger partial charge in [-0.25, -0.2) is 0 Å². The summed E-state index contributed by atoms with van der Waals surface area (Å²) in [4.78, 5) is 0. The Balaban J connectivity index is 1.32. The minimum Gasteiger partial charge on any atom is -0.309 e. The van der Waals surface area contributed by atoms with Crippen LogP contribution in [0.25, 0.3) is 66.1 Å². The van der Waals surface area contributed by atoms with Crippen molar-refractivity contribution in [3.63, 3.8) is 0 Å². The van der Waals surface area contributed by atoms with Crippen LogP contribution in [0.5, 0.6) is 0 Å². The van der Waals surface area contributed by atoms with Crippen LogP contribution in [0, 0.1) is 0 Å². The van der Waals surface area contributed by atoms with Crippen molar-refractivity contribution in [2.75, 3.05) is 0 Å². The number of rotatable bonds is 7. The molecule has 0 atom stereocenters. The molecule has 0 N–H and O–H groups in total. The molecule has 0 radical (unpaired) electrons. The minimum atomic E-state index is -2.82. The molecule has 0 saturated heterocycles. The number of aromatic nitrogens is 2. The smallest absolute Gasteiger partial charge is 0.179 e. The molecular formula is C54H38N2Si. The fourth-order valence-corrected chi connectivity index (χ4v) is 14.3. The van der Waals surface area contributed by atoms with E-state index in [1.54, 1.807) is 0 Å². The molecule has 0 aliphatic rings. The van der Waals surface area contributed by atoms with Gasteiger partial charge in [0.15, 0.2) is 8.07 Å². The molecule has 0 aliphatic carbocycles. The lowest BCUT2D eigenvalue weighted by atomic mass is 10.0. The van der Waals surface area contributed by atoms with Gasteiger partial charge in [0.25, 0.3) is 0 Å². The number of para-hydroxylation sites is 3. The van der Waals surface area contributed by atoms with Crippen molar-refractivity contribution in [3.8, 4) is 22.5 Å². The van der Waals surface area contributed by atoms with Crippen molar-refractivity contribution in [1.82, 2.24) is 9.13 Å². The van der Waals surface area contributed by atoms with Gasteiger partial charge in [-0.1, -0.05) is 194 Å². The maximum Gasteiger partial charge on any atom is 0.179 e. The molecule has 268 valence electrons. The molecule has 2 aromatic heterocycles. The molecule has 0 fully saturated rings. The van der Waals surface area contributed by atoms with E-state index < -0.39 is 8.07 Å². The molecule has 0 saturated carbocycles. The van der Waals surface area contributed by atoms with E-state index in [0.717, 1.165) is 5.69 Å². The van der Waals surface area contributed by atoms with Crippen LogP contribution in [-0.4, -0.2) is 17.2 Å². The third-order valence-corrected chi connectivity index (χ3v) is 16.6. The Bertz CT molecular complexity index is 3110. The van der Waals surface area contributed by atoms with E-state index in [4.69, 9.17) is 0 Å². The van der Waals surface area contributed by atoms with E-state index in [1.165, 1.54) is 81.2 Å². The highest BCUT2D eigenvalue weighted by Gasteiger charge is 2.41. The van der Waals surface area contributed by atoms with E-state index in [0.29, 0.717) is 0 Å². The first-order valence-electron chi connectivity index (χ1n) is 19.7. The largest absolute Gasteiger partial charge is 0.309 e. The van der Waals surface area contributed by atoms with Gasteiger partial charge in [0.05, 0.1) is 27.8 Å². The first kappa shape index (κ1) is 33.2. The zero-order valence-corrected chi connectivity index (χ0v) is 32.3. The standard InChI is InChI=1S/C54H38N2Si/c1-6-20-39(21-7-1)45-31-18-32-47-46-37-36-44(57(41-24-10-3-11-25-41,42-26-12-4-13-27-42)43-28-14-5-15-29-43)38-52(46)56(54(45)47)51-35-19-34-50-53(51)48-30-16-17-33-49(48)55(50)40-22-8-2-9-23-40/h1-38H. The number of fused-ring (bicyclic) bond motifs is 6. The van der Waals surface area contributed by atoms with Gasteiger partial charge in [-0.05, 0) is 62.7 Å². The first-order valence-corrected chi connectivity index (χ1v) is 21.7. The predicted molar refractivity (Wildman–Crippen MR) is 244 cm³/mol. The van der Waals surface area contributed by atoms with E-state index in [1.807, 2.05) is 0 Å². The lowest BCUT2D eigenvalue weighted by Crippen LogP contribution is -2.74. The van der Waals surface area contributed by atoms with Crippen LogP contribution in [0.2, 0.25) is 0 Å². The zero-order valence-electron chi connectivity index (χ0n) is 31.3. The Morgan fingerprint density at radius 2 is 0.842 bits per heavy atom. The Morgan fingerprint density at radius 3 is 1.49 bits per heavy atom. The second-order valence-corrected chi connectivity index (χ2v) is 18.7. The summed E-state index contributed by atoms with van der Waals surface area (Å²) in [7, 11) is -2.82. The third-order valence-electron chi connectivity index (χ3n) is 11.9. The fraction of sp³-hybridized carbons (Fsp3) is 0. The highest BCUT2D eigenvalue weighted by Crippen LogP contribution is 2.42. The van der Waals surface area contributed by atoms with Crippen molar-refractivity contribution in [2.24, 2.45) is 0 Å². The van der Waals surface area contributed by atoms with Crippen LogP contribution in [0.3, 0.4) is 0 Å². The summed E-state index contributed by atoms with van der Waals surface area (Å²) < 4.78 is 5.00. The summed E-state index contributed by atoms with van der Waals surface area (Å²) in [5.41, 5.74) is 9.54. The minimum absolute atomic E-state index is 1.15. The van der Waals surface area contributed by atoms with Gasteiger partial charge >= 0.3 is 0 Å². The molecule has 2 heterocycles. The quantitative estimate of drug-likeness (QED) is 0.114. The first-order chi connectivity index (χ1) is 28.3. The van der Waals surface area contributed by atoms with Gasteiger partial charge < -0.3 is 9.13 Å². The van der Waals surface area contributed by atoms with Gasteiger partial charge in [0.2, 0.25) is 0 Å². The number of nitrogens with zero attached hydrogens (tertiary/aromatic N) is 2. The highest BCUT2D eigenvalue weighted by molar-refractivity contribution is 7.20. The Kier molecular flexibility index (Phi) is 7.87. The second kappa shape index (κ2) is 13.5. The number of hydrogen-bond donors (Lipinski definition) is 0. The summed E-state index contributed by atoms with van der Waals surface area (Å²) in [5.74, 6) is 0. The Labute approximate surface area is 333 Å². The maximum atomic E-state index is 2.58. The van der Waals surface area contributed by atoms with Crippen molar-refractivity contribution < 1.29 is 0 Å². The molecule has 11 aromatic rings. The van der Waals surface area contributed by atoms with Gasteiger partial charge in [-0.2, -0.15) is 0 Å². The summed E-state index contributed by atoms with van der Waals surface area (Å²) in [6, 6.07) is 85.2. The van der Waals surface area contributed by atoms with Gasteiger partial charge in [0, 0.05) is 32.8 Å². The number of hydrogen-bond acceptors (Lipinski definition) is 0. The Morgan fingerprint density at radius 1 is 0.316 bits per heavy atom. The van der Waals surface area contributed by atoms with Crippen LogP contribution < -0.4 is 20.7 Å². The molecule has 9 aromatic carbocycles. The lowest BCUT2D eigenvalue weighted by Gasteiger charge is -2.34. The molecular weight excluding hydrogens is 705 g/mol. The second-order valence-electron chi connectivity index (χ2n) is 14.8. The van der Waals surface area contributed by atoms with Crippen LogP contribution in [0.4, 0.5) is 0 Å². The van der Waals surface area contributed by atoms with Crippen molar-refractivity contribution >= 4 is 72.4 Å². The molecule has 3 heteroatoms. The summed E-state index contributed by atoms with van der Waals surface area (Å²) in [5, 5.41) is 10.4. The maximum absolute atomic E-state index is 2.82. The molecule has 2 nitrogen and oxygen atoms in total. The topological polar surface area (TPSA) is 9.86 Å². The van der Waals surface area contributed by atoms with Crippen LogP contribution in [0.15, 0.2) is 231 Å².